The number of aliphatic carboxylic acids is 1. The summed E-state index contributed by atoms with van der Waals surface area (Å²) < 4.78 is 0. The molecule has 2 unspecified atom stereocenters. The van der Waals surface area contributed by atoms with Gasteiger partial charge in [-0.15, -0.1) is 0 Å². The summed E-state index contributed by atoms with van der Waals surface area (Å²) in [6.45, 7) is 8.13. The van der Waals surface area contributed by atoms with Gasteiger partial charge in [0.1, 0.15) is 0 Å². The van der Waals surface area contributed by atoms with Crippen molar-refractivity contribution < 1.29 is 14.7 Å². The Bertz CT molecular complexity index is 266. The van der Waals surface area contributed by atoms with Gasteiger partial charge >= 0.3 is 5.97 Å². The summed E-state index contributed by atoms with van der Waals surface area (Å²) >= 11 is 0. The van der Waals surface area contributed by atoms with Crippen molar-refractivity contribution in [1.82, 2.24) is 4.90 Å². The van der Waals surface area contributed by atoms with Crippen molar-refractivity contribution in [2.45, 2.75) is 40.2 Å². The Hall–Kier alpha value is -1.10. The summed E-state index contributed by atoms with van der Waals surface area (Å²) in [6, 6.07) is -0.532. The van der Waals surface area contributed by atoms with Crippen molar-refractivity contribution in [3.8, 4) is 0 Å². The Labute approximate surface area is 103 Å². The monoisotopic (exact) mass is 244 g/mol. The van der Waals surface area contributed by atoms with Gasteiger partial charge in [-0.1, -0.05) is 20.8 Å². The van der Waals surface area contributed by atoms with E-state index in [0.29, 0.717) is 18.9 Å². The number of carbonyl (C=O) groups is 2. The molecular weight excluding hydrogens is 220 g/mol. The van der Waals surface area contributed by atoms with Gasteiger partial charge in [-0.05, 0) is 19.3 Å². The van der Waals surface area contributed by atoms with E-state index in [1.807, 2.05) is 20.8 Å². The third-order valence-corrected chi connectivity index (χ3v) is 2.65. The Balaban J connectivity index is 4.44. The molecule has 1 amide bonds. The minimum Gasteiger partial charge on any atom is -0.481 e. The van der Waals surface area contributed by atoms with Crippen molar-refractivity contribution in [3.63, 3.8) is 0 Å². The van der Waals surface area contributed by atoms with Gasteiger partial charge in [0, 0.05) is 13.1 Å². The van der Waals surface area contributed by atoms with Crippen molar-refractivity contribution in [3.05, 3.63) is 0 Å². The zero-order chi connectivity index (χ0) is 13.6. The molecule has 0 spiro atoms. The van der Waals surface area contributed by atoms with Crippen LogP contribution in [-0.4, -0.2) is 41.0 Å². The Morgan fingerprint density at radius 2 is 1.82 bits per heavy atom. The first-order chi connectivity index (χ1) is 7.79. The van der Waals surface area contributed by atoms with E-state index >= 15 is 0 Å². The van der Waals surface area contributed by atoms with Crippen LogP contribution in [0.3, 0.4) is 0 Å². The van der Waals surface area contributed by atoms with Crippen LogP contribution < -0.4 is 5.73 Å². The van der Waals surface area contributed by atoms with Crippen LogP contribution in [0, 0.1) is 11.8 Å². The molecule has 0 fully saturated rings. The van der Waals surface area contributed by atoms with Crippen LogP contribution in [0.5, 0.6) is 0 Å². The second kappa shape index (κ2) is 7.27. The van der Waals surface area contributed by atoms with Crippen molar-refractivity contribution in [1.29, 1.82) is 0 Å². The predicted octanol–water partition coefficient (Wildman–Crippen LogP) is 0.929. The Morgan fingerprint density at radius 1 is 1.29 bits per heavy atom. The van der Waals surface area contributed by atoms with Crippen LogP contribution in [0.4, 0.5) is 0 Å². The third kappa shape index (κ3) is 5.68. The SMILES string of the molecule is CCN(CC(C)C(=O)O)C(=O)C(N)CC(C)C. The normalized spacial score (nSPS) is 14.5. The molecule has 0 radical (unpaired) electrons. The van der Waals surface area contributed by atoms with E-state index < -0.39 is 17.9 Å². The number of nitrogens with zero attached hydrogens (tertiary/aromatic N) is 1. The van der Waals surface area contributed by atoms with E-state index in [1.165, 1.54) is 4.90 Å². The average Bonchev–Trinajstić information content (AvgIpc) is 2.23. The van der Waals surface area contributed by atoms with Crippen LogP contribution in [0.1, 0.15) is 34.1 Å². The molecule has 0 aromatic rings. The molecule has 5 heteroatoms. The lowest BCUT2D eigenvalue weighted by Gasteiger charge is -2.26. The zero-order valence-corrected chi connectivity index (χ0v) is 11.1. The quantitative estimate of drug-likeness (QED) is 0.697. The number of amides is 1. The standard InChI is InChI=1S/C12H24N2O3/c1-5-14(7-9(4)12(16)17)11(15)10(13)6-8(2)3/h8-10H,5-7,13H2,1-4H3,(H,16,17). The van der Waals surface area contributed by atoms with Crippen molar-refractivity contribution in [2.75, 3.05) is 13.1 Å². The van der Waals surface area contributed by atoms with E-state index in [4.69, 9.17) is 10.8 Å². The third-order valence-electron chi connectivity index (χ3n) is 2.65. The molecule has 0 heterocycles. The van der Waals surface area contributed by atoms with Crippen LogP contribution in [0.15, 0.2) is 0 Å². The van der Waals surface area contributed by atoms with Gasteiger partial charge < -0.3 is 15.7 Å². The van der Waals surface area contributed by atoms with E-state index in [1.54, 1.807) is 6.92 Å². The van der Waals surface area contributed by atoms with Crippen molar-refractivity contribution >= 4 is 11.9 Å². The number of likely N-dealkylation sites (N-methyl/N-ethyl adjacent to an activating group) is 1. The lowest BCUT2D eigenvalue weighted by Crippen LogP contribution is -2.46. The molecule has 0 saturated carbocycles. The first-order valence-corrected chi connectivity index (χ1v) is 6.06. The molecule has 2 atom stereocenters. The summed E-state index contributed by atoms with van der Waals surface area (Å²) in [5.41, 5.74) is 5.81. The average molecular weight is 244 g/mol. The molecule has 0 aromatic carbocycles. The topological polar surface area (TPSA) is 83.6 Å². The van der Waals surface area contributed by atoms with E-state index in [-0.39, 0.29) is 12.5 Å². The highest BCUT2D eigenvalue weighted by Gasteiger charge is 2.24. The summed E-state index contributed by atoms with van der Waals surface area (Å²) in [5, 5.41) is 8.82. The predicted molar refractivity (Wildman–Crippen MR) is 66.5 cm³/mol. The van der Waals surface area contributed by atoms with E-state index in [0.717, 1.165) is 0 Å². The largest absolute Gasteiger partial charge is 0.481 e. The van der Waals surface area contributed by atoms with Crippen LogP contribution in [0.25, 0.3) is 0 Å². The maximum absolute atomic E-state index is 12.0. The lowest BCUT2D eigenvalue weighted by atomic mass is 10.0. The molecule has 3 N–H and O–H groups in total. The highest BCUT2D eigenvalue weighted by molar-refractivity contribution is 5.82. The van der Waals surface area contributed by atoms with E-state index in [9.17, 15) is 9.59 Å². The fourth-order valence-electron chi connectivity index (χ4n) is 1.63. The molecule has 0 aliphatic carbocycles. The molecule has 5 nitrogen and oxygen atoms in total. The van der Waals surface area contributed by atoms with Gasteiger partial charge in [0.05, 0.1) is 12.0 Å². The van der Waals surface area contributed by atoms with Gasteiger partial charge in [0.2, 0.25) is 5.91 Å². The van der Waals surface area contributed by atoms with Crippen LogP contribution in [-0.2, 0) is 9.59 Å². The molecule has 0 rings (SSSR count). The van der Waals surface area contributed by atoms with Crippen molar-refractivity contribution in [2.24, 2.45) is 17.6 Å². The van der Waals surface area contributed by atoms with Gasteiger partial charge in [0.15, 0.2) is 0 Å². The number of hydrogen-bond acceptors (Lipinski definition) is 3. The van der Waals surface area contributed by atoms with Crippen LogP contribution >= 0.6 is 0 Å². The summed E-state index contributed by atoms with van der Waals surface area (Å²) in [7, 11) is 0. The number of carboxylic acids is 1. The minimum absolute atomic E-state index is 0.158. The highest BCUT2D eigenvalue weighted by Crippen LogP contribution is 2.08. The first-order valence-electron chi connectivity index (χ1n) is 6.06. The number of rotatable bonds is 7. The second-order valence-electron chi connectivity index (χ2n) is 4.85. The summed E-state index contributed by atoms with van der Waals surface area (Å²) in [5.74, 6) is -1.27. The molecule has 0 aromatic heterocycles. The maximum Gasteiger partial charge on any atom is 0.308 e. The Kier molecular flexibility index (Phi) is 6.80. The van der Waals surface area contributed by atoms with Gasteiger partial charge in [-0.2, -0.15) is 0 Å². The zero-order valence-electron chi connectivity index (χ0n) is 11.1. The smallest absolute Gasteiger partial charge is 0.308 e. The van der Waals surface area contributed by atoms with E-state index in [2.05, 4.69) is 0 Å². The van der Waals surface area contributed by atoms with Crippen LogP contribution in [0.2, 0.25) is 0 Å². The molecular formula is C12H24N2O3. The summed E-state index contributed by atoms with van der Waals surface area (Å²) in [4.78, 5) is 24.2. The molecule has 100 valence electrons. The van der Waals surface area contributed by atoms with Gasteiger partial charge in [-0.25, -0.2) is 0 Å². The first kappa shape index (κ1) is 15.9. The molecule has 0 bridgehead atoms. The van der Waals surface area contributed by atoms with Gasteiger partial charge in [-0.3, -0.25) is 9.59 Å². The molecule has 0 saturated heterocycles. The molecule has 0 aliphatic heterocycles. The fraction of sp³-hybridized carbons (Fsp3) is 0.833. The second-order valence-corrected chi connectivity index (χ2v) is 4.85. The number of carboxylic acid groups (broad SMARTS) is 1. The summed E-state index contributed by atoms with van der Waals surface area (Å²) in [6.07, 6.45) is 0.622. The highest BCUT2D eigenvalue weighted by atomic mass is 16.4. The van der Waals surface area contributed by atoms with Gasteiger partial charge in [0.25, 0.3) is 0 Å². The number of hydrogen-bond donors (Lipinski definition) is 2. The number of nitrogens with two attached hydrogens (primary N) is 1. The maximum atomic E-state index is 12.0. The lowest BCUT2D eigenvalue weighted by molar-refractivity contribution is -0.143. The molecule has 0 aliphatic rings. The minimum atomic E-state index is -0.895. The molecule has 17 heavy (non-hydrogen) atoms. The number of carbonyl (C=O) groups excluding carboxylic acids is 1. The fourth-order valence-corrected chi connectivity index (χ4v) is 1.63. The Morgan fingerprint density at radius 3 is 2.18 bits per heavy atom.